The van der Waals surface area contributed by atoms with E-state index >= 15 is 0 Å². The third kappa shape index (κ3) is 4.73. The first-order chi connectivity index (χ1) is 14.0. The van der Waals surface area contributed by atoms with Gasteiger partial charge in [-0.15, -0.1) is 0 Å². The minimum Gasteiger partial charge on any atom is -0.302 e. The van der Waals surface area contributed by atoms with E-state index in [4.69, 9.17) is 3.97 Å². The van der Waals surface area contributed by atoms with E-state index in [0.717, 1.165) is 32.0 Å². The summed E-state index contributed by atoms with van der Waals surface area (Å²) in [4.78, 5) is 20.7. The highest BCUT2D eigenvalue weighted by atomic mass is 32.2. The summed E-state index contributed by atoms with van der Waals surface area (Å²) < 4.78 is 17.2. The monoisotopic (exact) mass is 422 g/mol. The van der Waals surface area contributed by atoms with Crippen LogP contribution in [-0.2, 0) is 8.54 Å². The summed E-state index contributed by atoms with van der Waals surface area (Å²) in [5.74, 6) is 0. The van der Waals surface area contributed by atoms with Crippen molar-refractivity contribution in [3.05, 3.63) is 120 Å². The quantitative estimate of drug-likeness (QED) is 0.413. The van der Waals surface area contributed by atoms with Gasteiger partial charge in [-0.3, -0.25) is 0 Å². The van der Waals surface area contributed by atoms with Gasteiger partial charge in [0, 0.05) is 9.77 Å². The SMILES string of the molecule is O=P(O)(O)OS1=C(c2ccccc2)C=C(c2ccccc2)C=C1c1ccccc1. The van der Waals surface area contributed by atoms with Crippen LogP contribution in [0.15, 0.2) is 103 Å². The van der Waals surface area contributed by atoms with E-state index in [0.29, 0.717) is 0 Å². The smallest absolute Gasteiger partial charge is 0.302 e. The van der Waals surface area contributed by atoms with Gasteiger partial charge in [0.05, 0.1) is 0 Å². The molecule has 1 unspecified atom stereocenters. The summed E-state index contributed by atoms with van der Waals surface area (Å²) in [6.45, 7) is 0. The lowest BCUT2D eigenvalue weighted by molar-refractivity contribution is 0.299. The van der Waals surface area contributed by atoms with Gasteiger partial charge in [0.2, 0.25) is 0 Å². The van der Waals surface area contributed by atoms with Crippen LogP contribution < -0.4 is 0 Å². The summed E-state index contributed by atoms with van der Waals surface area (Å²) >= 11 is 0. The molecule has 3 aromatic rings. The molecular weight excluding hydrogens is 403 g/mol. The lowest BCUT2D eigenvalue weighted by Crippen LogP contribution is -2.06. The van der Waals surface area contributed by atoms with Crippen molar-refractivity contribution in [2.24, 2.45) is 0 Å². The maximum atomic E-state index is 11.8. The topological polar surface area (TPSA) is 66.8 Å². The molecule has 4 rings (SSSR count). The molecule has 1 aliphatic rings. The molecule has 0 aliphatic carbocycles. The molecule has 4 nitrogen and oxygen atoms in total. The summed E-state index contributed by atoms with van der Waals surface area (Å²) in [5, 5.41) is 0. The molecule has 1 aliphatic heterocycles. The van der Waals surface area contributed by atoms with Crippen molar-refractivity contribution in [1.29, 1.82) is 0 Å². The first kappa shape index (κ1) is 19.8. The Kier molecular flexibility index (Phi) is 5.76. The average molecular weight is 422 g/mol. The van der Waals surface area contributed by atoms with Gasteiger partial charge in [-0.25, -0.2) is 8.54 Å². The number of hydrogen-bond acceptors (Lipinski definition) is 2. The van der Waals surface area contributed by atoms with Gasteiger partial charge >= 0.3 is 7.82 Å². The van der Waals surface area contributed by atoms with Crippen molar-refractivity contribution in [2.45, 2.75) is 0 Å². The zero-order chi connectivity index (χ0) is 20.3. The van der Waals surface area contributed by atoms with Crippen LogP contribution in [-0.4, -0.2) is 14.7 Å². The minimum absolute atomic E-state index is 0.731. The second kappa shape index (κ2) is 8.46. The van der Waals surface area contributed by atoms with Crippen LogP contribution in [0.1, 0.15) is 16.7 Å². The Bertz CT molecular complexity index is 1140. The highest BCUT2D eigenvalue weighted by Crippen LogP contribution is 2.53. The molecular formula is C23H19O4PS. The van der Waals surface area contributed by atoms with Gasteiger partial charge in [-0.1, -0.05) is 91.0 Å². The number of phosphoric acid groups is 1. The van der Waals surface area contributed by atoms with Crippen molar-refractivity contribution in [3.63, 3.8) is 0 Å². The lowest BCUT2D eigenvalue weighted by atomic mass is 10.0. The van der Waals surface area contributed by atoms with Gasteiger partial charge in [0.1, 0.15) is 0 Å². The van der Waals surface area contributed by atoms with Crippen molar-refractivity contribution < 1.29 is 18.3 Å². The first-order valence-electron chi connectivity index (χ1n) is 8.98. The van der Waals surface area contributed by atoms with Crippen LogP contribution in [0.5, 0.6) is 0 Å². The zero-order valence-electron chi connectivity index (χ0n) is 15.4. The van der Waals surface area contributed by atoms with Gasteiger partial charge < -0.3 is 9.79 Å². The number of benzene rings is 3. The molecule has 1 heterocycles. The fourth-order valence-corrected chi connectivity index (χ4v) is 5.93. The van der Waals surface area contributed by atoms with Crippen LogP contribution in [0.2, 0.25) is 0 Å². The maximum absolute atomic E-state index is 11.8. The Morgan fingerprint density at radius 1 is 0.655 bits per heavy atom. The summed E-state index contributed by atoms with van der Waals surface area (Å²) in [5.41, 5.74) is 3.70. The van der Waals surface area contributed by atoms with E-state index in [1.807, 2.05) is 103 Å². The molecule has 0 bridgehead atoms. The van der Waals surface area contributed by atoms with E-state index in [1.165, 1.54) is 0 Å². The van der Waals surface area contributed by atoms with Gasteiger partial charge in [0.15, 0.2) is 0 Å². The molecule has 29 heavy (non-hydrogen) atoms. The van der Waals surface area contributed by atoms with Gasteiger partial charge in [0.25, 0.3) is 0 Å². The first-order valence-corrected chi connectivity index (χ1v) is 11.7. The van der Waals surface area contributed by atoms with E-state index in [9.17, 15) is 14.4 Å². The number of allylic oxidation sites excluding steroid dienone is 3. The maximum Gasteiger partial charge on any atom is 0.480 e. The Labute approximate surface area is 172 Å². The predicted molar refractivity (Wildman–Crippen MR) is 120 cm³/mol. The molecule has 0 fully saturated rings. The molecule has 0 aromatic heterocycles. The molecule has 1 atom stereocenters. The second-order valence-electron chi connectivity index (χ2n) is 6.40. The molecule has 146 valence electrons. The second-order valence-corrected chi connectivity index (χ2v) is 9.40. The standard InChI is InChI=1S/C23H19O4PS/c24-28(25,26)27-29-22(19-12-6-2-7-13-19)16-21(18-10-4-1-5-11-18)17-23(29)20-14-8-3-9-15-20/h1-17H,(H2,24,25,26). The highest BCUT2D eigenvalue weighted by molar-refractivity contribution is 8.22. The molecule has 3 aromatic carbocycles. The summed E-state index contributed by atoms with van der Waals surface area (Å²) in [6, 6.07) is 29.0. The van der Waals surface area contributed by atoms with Gasteiger partial charge in [-0.05, 0) is 45.2 Å². The average Bonchev–Trinajstić information content (AvgIpc) is 2.74. The molecule has 0 spiro atoms. The van der Waals surface area contributed by atoms with Crippen molar-refractivity contribution in [3.8, 4) is 0 Å². The fraction of sp³-hybridized carbons (Fsp3) is 0. The van der Waals surface area contributed by atoms with E-state index in [1.54, 1.807) is 0 Å². The Balaban J connectivity index is 1.99. The molecule has 0 saturated carbocycles. The predicted octanol–water partition coefficient (Wildman–Crippen LogP) is 5.64. The van der Waals surface area contributed by atoms with E-state index in [2.05, 4.69) is 0 Å². The largest absolute Gasteiger partial charge is 0.480 e. The summed E-state index contributed by atoms with van der Waals surface area (Å²) in [6.07, 6.45) is 3.91. The van der Waals surface area contributed by atoms with Crippen molar-refractivity contribution in [1.82, 2.24) is 0 Å². The van der Waals surface area contributed by atoms with Crippen LogP contribution in [0.25, 0.3) is 10.5 Å². The molecule has 2 N–H and O–H groups in total. The molecule has 0 radical (unpaired) electrons. The third-order valence-electron chi connectivity index (χ3n) is 4.37. The Morgan fingerprint density at radius 3 is 1.66 bits per heavy atom. The lowest BCUT2D eigenvalue weighted by Gasteiger charge is -2.23. The Hall–Kier alpha value is -2.53. The number of rotatable bonds is 5. The Morgan fingerprint density at radius 2 is 1.14 bits per heavy atom. The highest BCUT2D eigenvalue weighted by Gasteiger charge is 2.26. The minimum atomic E-state index is -4.72. The van der Waals surface area contributed by atoms with Crippen LogP contribution in [0.3, 0.4) is 0 Å². The fourth-order valence-electron chi connectivity index (χ4n) is 3.11. The van der Waals surface area contributed by atoms with E-state index in [-0.39, 0.29) is 0 Å². The normalized spacial score (nSPS) is 16.9. The van der Waals surface area contributed by atoms with Crippen molar-refractivity contribution >= 4 is 33.9 Å². The van der Waals surface area contributed by atoms with Crippen LogP contribution >= 0.6 is 18.6 Å². The zero-order valence-corrected chi connectivity index (χ0v) is 17.1. The van der Waals surface area contributed by atoms with Crippen LogP contribution in [0.4, 0.5) is 0 Å². The number of hydrogen-bond donors (Lipinski definition) is 2. The molecule has 0 saturated heterocycles. The van der Waals surface area contributed by atoms with Crippen LogP contribution in [0, 0.1) is 0 Å². The molecule has 6 heteroatoms. The van der Waals surface area contributed by atoms with Crippen molar-refractivity contribution in [2.75, 3.05) is 0 Å². The molecule has 0 amide bonds. The van der Waals surface area contributed by atoms with Gasteiger partial charge in [-0.2, -0.15) is 0 Å². The van der Waals surface area contributed by atoms with E-state index < -0.39 is 18.6 Å². The third-order valence-corrected chi connectivity index (χ3v) is 7.25. The summed E-state index contributed by atoms with van der Waals surface area (Å²) in [7, 11) is -5.97.